The van der Waals surface area contributed by atoms with Crippen molar-refractivity contribution in [2.45, 2.75) is 25.9 Å². The Balaban J connectivity index is 1.37. The Morgan fingerprint density at radius 2 is 1.25 bits per heavy atom. The lowest BCUT2D eigenvalue weighted by Gasteiger charge is -2.13. The van der Waals surface area contributed by atoms with Crippen LogP contribution in [-0.4, -0.2) is 59.5 Å². The third-order valence-electron chi connectivity index (χ3n) is 6.03. The van der Waals surface area contributed by atoms with Gasteiger partial charge >= 0.3 is 0 Å². The smallest absolute Gasteiger partial charge is 0.229 e. The maximum absolute atomic E-state index is 5.60. The standard InChI is InChI=1S/C30H38N8O2/c31-15-18-39-20-21-40-19-17-33-28-36-29(38-30(37-28)35-23-27-12-6-7-16-32-27)34-22-26-11-5-4-10-25(26)14-13-24-8-2-1-3-9-24/h1-12,16H,13-15,17-23,31H2,(H3,33,34,35,36,37,38). The summed E-state index contributed by atoms with van der Waals surface area (Å²) in [7, 11) is 0. The van der Waals surface area contributed by atoms with Gasteiger partial charge in [-0.1, -0.05) is 60.7 Å². The first-order valence-electron chi connectivity index (χ1n) is 13.6. The molecule has 0 fully saturated rings. The predicted octanol–water partition coefficient (Wildman–Crippen LogP) is 3.68. The van der Waals surface area contributed by atoms with E-state index in [1.165, 1.54) is 16.7 Å². The third-order valence-corrected chi connectivity index (χ3v) is 6.03. The molecule has 0 saturated carbocycles. The minimum Gasteiger partial charge on any atom is -0.378 e. The number of benzene rings is 2. The Labute approximate surface area is 235 Å². The van der Waals surface area contributed by atoms with Crippen molar-refractivity contribution in [1.82, 2.24) is 19.9 Å². The minimum absolute atomic E-state index is 0.458. The van der Waals surface area contributed by atoms with Crippen LogP contribution < -0.4 is 21.7 Å². The number of rotatable bonds is 18. The third kappa shape index (κ3) is 10.2. The van der Waals surface area contributed by atoms with Crippen molar-refractivity contribution in [3.63, 3.8) is 0 Å². The van der Waals surface area contributed by atoms with Crippen LogP contribution in [0.25, 0.3) is 0 Å². The van der Waals surface area contributed by atoms with E-state index in [4.69, 9.17) is 15.2 Å². The van der Waals surface area contributed by atoms with Crippen molar-refractivity contribution in [3.05, 3.63) is 101 Å². The number of aryl methyl sites for hydroxylation is 2. The van der Waals surface area contributed by atoms with Gasteiger partial charge in [-0.3, -0.25) is 4.98 Å². The highest BCUT2D eigenvalue weighted by Gasteiger charge is 2.09. The molecule has 210 valence electrons. The molecule has 0 bridgehead atoms. The molecule has 0 aliphatic heterocycles. The van der Waals surface area contributed by atoms with Gasteiger partial charge in [0.1, 0.15) is 0 Å². The predicted molar refractivity (Wildman–Crippen MR) is 158 cm³/mol. The molecule has 0 spiro atoms. The number of nitrogens with two attached hydrogens (primary N) is 1. The number of nitrogens with one attached hydrogen (secondary N) is 3. The van der Waals surface area contributed by atoms with Gasteiger partial charge in [0.05, 0.1) is 38.7 Å². The average molecular weight is 543 g/mol. The van der Waals surface area contributed by atoms with E-state index in [9.17, 15) is 0 Å². The van der Waals surface area contributed by atoms with Gasteiger partial charge in [0.25, 0.3) is 0 Å². The largest absolute Gasteiger partial charge is 0.378 e. The van der Waals surface area contributed by atoms with E-state index in [0.29, 0.717) is 70.5 Å². The zero-order valence-electron chi connectivity index (χ0n) is 22.8. The molecule has 2 heterocycles. The van der Waals surface area contributed by atoms with Gasteiger partial charge in [-0.25, -0.2) is 0 Å². The zero-order chi connectivity index (χ0) is 27.7. The minimum atomic E-state index is 0.458. The highest BCUT2D eigenvalue weighted by Crippen LogP contribution is 2.16. The van der Waals surface area contributed by atoms with Crippen LogP contribution in [0.3, 0.4) is 0 Å². The summed E-state index contributed by atoms with van der Waals surface area (Å²) in [5.41, 5.74) is 10.2. The van der Waals surface area contributed by atoms with Crippen molar-refractivity contribution in [1.29, 1.82) is 0 Å². The quantitative estimate of drug-likeness (QED) is 0.138. The fourth-order valence-electron chi connectivity index (χ4n) is 4.00. The molecule has 0 aliphatic rings. The van der Waals surface area contributed by atoms with E-state index in [0.717, 1.165) is 18.5 Å². The monoisotopic (exact) mass is 542 g/mol. The van der Waals surface area contributed by atoms with E-state index in [-0.39, 0.29) is 0 Å². The number of nitrogens with zero attached hydrogens (tertiary/aromatic N) is 4. The van der Waals surface area contributed by atoms with Gasteiger partial charge in [0.15, 0.2) is 0 Å². The Hall–Kier alpha value is -4.12. The molecule has 0 atom stereocenters. The Bertz CT molecular complexity index is 1260. The summed E-state index contributed by atoms with van der Waals surface area (Å²) >= 11 is 0. The molecular formula is C30H38N8O2. The van der Waals surface area contributed by atoms with Crippen molar-refractivity contribution >= 4 is 17.8 Å². The van der Waals surface area contributed by atoms with E-state index in [1.54, 1.807) is 6.20 Å². The molecule has 0 amide bonds. The topological polar surface area (TPSA) is 132 Å². The summed E-state index contributed by atoms with van der Waals surface area (Å²) in [5, 5.41) is 9.88. The Kier molecular flexibility index (Phi) is 12.1. The summed E-state index contributed by atoms with van der Waals surface area (Å²) in [4.78, 5) is 18.1. The first-order valence-corrected chi connectivity index (χ1v) is 13.6. The second-order valence-electron chi connectivity index (χ2n) is 9.03. The number of aromatic nitrogens is 4. The lowest BCUT2D eigenvalue weighted by Crippen LogP contribution is -2.17. The van der Waals surface area contributed by atoms with E-state index in [2.05, 4.69) is 84.4 Å². The molecule has 0 saturated heterocycles. The second-order valence-corrected chi connectivity index (χ2v) is 9.03. The maximum Gasteiger partial charge on any atom is 0.229 e. The van der Waals surface area contributed by atoms with Crippen LogP contribution >= 0.6 is 0 Å². The van der Waals surface area contributed by atoms with Crippen LogP contribution in [0.15, 0.2) is 79.0 Å². The first kappa shape index (κ1) is 28.9. The lowest BCUT2D eigenvalue weighted by atomic mass is 10.00. The van der Waals surface area contributed by atoms with Crippen molar-refractivity contribution in [3.8, 4) is 0 Å². The first-order chi connectivity index (χ1) is 19.8. The molecule has 10 heteroatoms. The molecule has 5 N–H and O–H groups in total. The number of hydrogen-bond donors (Lipinski definition) is 4. The molecule has 40 heavy (non-hydrogen) atoms. The van der Waals surface area contributed by atoms with Gasteiger partial charge in [-0.05, 0) is 41.7 Å². The SMILES string of the molecule is NCCOCCOCCNc1nc(NCc2ccccn2)nc(NCc2ccccc2CCc2ccccc2)n1. The Morgan fingerprint density at radius 1 is 0.600 bits per heavy atom. The molecule has 4 rings (SSSR count). The van der Waals surface area contributed by atoms with Crippen molar-refractivity contribution in [2.75, 3.05) is 55.5 Å². The molecule has 2 aromatic heterocycles. The number of anilines is 3. The molecule has 2 aromatic carbocycles. The van der Waals surface area contributed by atoms with E-state index >= 15 is 0 Å². The summed E-state index contributed by atoms with van der Waals surface area (Å²) in [5.74, 6) is 1.40. The van der Waals surface area contributed by atoms with Gasteiger partial charge in [0.2, 0.25) is 17.8 Å². The van der Waals surface area contributed by atoms with E-state index < -0.39 is 0 Å². The normalized spacial score (nSPS) is 10.8. The lowest BCUT2D eigenvalue weighted by molar-refractivity contribution is 0.0547. The number of ether oxygens (including phenoxy) is 2. The van der Waals surface area contributed by atoms with E-state index in [1.807, 2.05) is 24.3 Å². The molecule has 4 aromatic rings. The zero-order valence-corrected chi connectivity index (χ0v) is 22.8. The van der Waals surface area contributed by atoms with Crippen LogP contribution in [-0.2, 0) is 35.4 Å². The molecule has 0 aliphatic carbocycles. The fraction of sp³-hybridized carbons (Fsp3) is 0.333. The Morgan fingerprint density at radius 3 is 1.98 bits per heavy atom. The summed E-state index contributed by atoms with van der Waals surface area (Å²) in [6.07, 6.45) is 3.71. The molecule has 0 unspecified atom stereocenters. The molecule has 0 radical (unpaired) electrons. The molecular weight excluding hydrogens is 504 g/mol. The maximum atomic E-state index is 5.60. The van der Waals surface area contributed by atoms with Gasteiger partial charge < -0.3 is 31.2 Å². The van der Waals surface area contributed by atoms with Crippen LogP contribution in [0.2, 0.25) is 0 Å². The number of pyridine rings is 1. The van der Waals surface area contributed by atoms with Crippen LogP contribution in [0.1, 0.15) is 22.4 Å². The second kappa shape index (κ2) is 16.8. The average Bonchev–Trinajstić information content (AvgIpc) is 3.01. The summed E-state index contributed by atoms with van der Waals surface area (Å²) in [6.45, 7) is 4.20. The highest BCUT2D eigenvalue weighted by atomic mass is 16.5. The summed E-state index contributed by atoms with van der Waals surface area (Å²) < 4.78 is 10.9. The van der Waals surface area contributed by atoms with Crippen molar-refractivity contribution < 1.29 is 9.47 Å². The van der Waals surface area contributed by atoms with Crippen LogP contribution in [0.5, 0.6) is 0 Å². The molecule has 10 nitrogen and oxygen atoms in total. The van der Waals surface area contributed by atoms with Crippen LogP contribution in [0, 0.1) is 0 Å². The van der Waals surface area contributed by atoms with Gasteiger partial charge in [0, 0.05) is 25.8 Å². The fourth-order valence-corrected chi connectivity index (χ4v) is 4.00. The van der Waals surface area contributed by atoms with Crippen LogP contribution in [0.4, 0.5) is 17.8 Å². The van der Waals surface area contributed by atoms with Gasteiger partial charge in [-0.15, -0.1) is 0 Å². The summed E-state index contributed by atoms with van der Waals surface area (Å²) in [6, 6.07) is 24.8. The highest BCUT2D eigenvalue weighted by molar-refractivity contribution is 5.43. The van der Waals surface area contributed by atoms with Gasteiger partial charge in [-0.2, -0.15) is 15.0 Å². The number of hydrogen-bond acceptors (Lipinski definition) is 10. The van der Waals surface area contributed by atoms with Crippen molar-refractivity contribution in [2.24, 2.45) is 5.73 Å².